The van der Waals surface area contributed by atoms with Gasteiger partial charge in [-0.05, 0) is 66.7 Å². The second-order valence-electron chi connectivity index (χ2n) is 6.15. The molecule has 0 aliphatic carbocycles. The summed E-state index contributed by atoms with van der Waals surface area (Å²) in [5.41, 5.74) is 1.27. The van der Waals surface area contributed by atoms with E-state index >= 15 is 0 Å². The molecule has 0 aliphatic heterocycles. The Hall–Kier alpha value is -3.12. The Morgan fingerprint density at radius 2 is 2.03 bits per heavy atom. The average molecular weight is 490 g/mol. The SMILES string of the molecule is C#CCOc1c(Cl)cc(/C=C(\Sc2n[nH]c(-c3ccc(Cl)cc3)n2)C(=O)O)cc1OCC. The van der Waals surface area contributed by atoms with E-state index in [1.54, 1.807) is 43.3 Å². The summed E-state index contributed by atoms with van der Waals surface area (Å²) in [6, 6.07) is 10.2. The van der Waals surface area contributed by atoms with Gasteiger partial charge in [-0.2, -0.15) is 0 Å². The summed E-state index contributed by atoms with van der Waals surface area (Å²) in [7, 11) is 0. The molecule has 0 aliphatic rings. The molecule has 164 valence electrons. The quantitative estimate of drug-likeness (QED) is 0.235. The minimum absolute atomic E-state index is 0.0116. The number of carbonyl (C=O) groups is 1. The molecular formula is C22H17Cl2N3O4S. The summed E-state index contributed by atoms with van der Waals surface area (Å²) in [4.78, 5) is 16.2. The second kappa shape index (κ2) is 11.0. The van der Waals surface area contributed by atoms with Crippen LogP contribution >= 0.6 is 35.0 Å². The summed E-state index contributed by atoms with van der Waals surface area (Å²) in [6.07, 6.45) is 6.69. The summed E-state index contributed by atoms with van der Waals surface area (Å²) in [5.74, 6) is 2.37. The number of nitrogens with zero attached hydrogens (tertiary/aromatic N) is 2. The molecule has 0 bridgehead atoms. The molecule has 0 radical (unpaired) electrons. The highest BCUT2D eigenvalue weighted by Gasteiger charge is 2.17. The van der Waals surface area contributed by atoms with E-state index in [4.69, 9.17) is 39.1 Å². The van der Waals surface area contributed by atoms with E-state index < -0.39 is 5.97 Å². The van der Waals surface area contributed by atoms with Gasteiger partial charge in [-0.25, -0.2) is 9.78 Å². The molecule has 0 spiro atoms. The van der Waals surface area contributed by atoms with Gasteiger partial charge in [-0.3, -0.25) is 5.10 Å². The van der Waals surface area contributed by atoms with Crippen LogP contribution in [0.3, 0.4) is 0 Å². The zero-order valence-electron chi connectivity index (χ0n) is 16.8. The topological polar surface area (TPSA) is 97.3 Å². The first kappa shape index (κ1) is 23.5. The van der Waals surface area contributed by atoms with Crippen LogP contribution in [-0.4, -0.2) is 39.5 Å². The number of aromatic nitrogens is 3. The number of H-pyrrole nitrogens is 1. The maximum Gasteiger partial charge on any atom is 0.342 e. The van der Waals surface area contributed by atoms with Crippen LogP contribution in [0.5, 0.6) is 11.5 Å². The number of ether oxygens (including phenoxy) is 2. The molecule has 1 heterocycles. The molecule has 0 atom stereocenters. The van der Waals surface area contributed by atoms with E-state index in [2.05, 4.69) is 21.1 Å². The fourth-order valence-corrected chi connectivity index (χ4v) is 3.71. The van der Waals surface area contributed by atoms with Crippen LogP contribution < -0.4 is 9.47 Å². The number of halogens is 2. The van der Waals surface area contributed by atoms with Crippen molar-refractivity contribution in [3.8, 4) is 35.2 Å². The number of aliphatic carboxylic acids is 1. The smallest absolute Gasteiger partial charge is 0.342 e. The fourth-order valence-electron chi connectivity index (χ4n) is 2.60. The van der Waals surface area contributed by atoms with Gasteiger partial charge >= 0.3 is 5.97 Å². The highest BCUT2D eigenvalue weighted by molar-refractivity contribution is 8.04. The average Bonchev–Trinajstić information content (AvgIpc) is 3.22. The number of carboxylic acid groups (broad SMARTS) is 1. The summed E-state index contributed by atoms with van der Waals surface area (Å²) in [5, 5.41) is 17.7. The van der Waals surface area contributed by atoms with Gasteiger partial charge in [0.1, 0.15) is 11.5 Å². The third kappa shape index (κ3) is 5.98. The van der Waals surface area contributed by atoms with Crippen molar-refractivity contribution in [2.24, 2.45) is 0 Å². The molecular weight excluding hydrogens is 473 g/mol. The standard InChI is InChI=1S/C22H17Cl2N3O4S/c1-3-9-31-19-16(24)10-13(11-17(19)30-4-2)12-18(21(28)29)32-22-25-20(26-27-22)14-5-7-15(23)8-6-14/h1,5-8,10-12H,4,9H2,2H3,(H,28,29)(H,25,26,27)/b18-12-. The number of hydrogen-bond donors (Lipinski definition) is 2. The lowest BCUT2D eigenvalue weighted by molar-refractivity contribution is -0.131. The van der Waals surface area contributed by atoms with Gasteiger partial charge in [0.25, 0.3) is 0 Å². The Morgan fingerprint density at radius 3 is 2.69 bits per heavy atom. The fraction of sp³-hybridized carbons (Fsp3) is 0.136. The Kier molecular flexibility index (Phi) is 8.06. The van der Waals surface area contributed by atoms with Crippen LogP contribution in [0.25, 0.3) is 17.5 Å². The summed E-state index contributed by atoms with van der Waals surface area (Å²) < 4.78 is 11.0. The molecule has 2 aromatic carbocycles. The van der Waals surface area contributed by atoms with E-state index in [1.165, 1.54) is 6.08 Å². The van der Waals surface area contributed by atoms with Gasteiger partial charge in [-0.15, -0.1) is 11.5 Å². The molecule has 1 aromatic heterocycles. The summed E-state index contributed by atoms with van der Waals surface area (Å²) in [6.45, 7) is 2.19. The number of carboxylic acids is 1. The normalized spacial score (nSPS) is 11.1. The monoisotopic (exact) mass is 489 g/mol. The zero-order valence-corrected chi connectivity index (χ0v) is 19.1. The predicted molar refractivity (Wildman–Crippen MR) is 125 cm³/mol. The second-order valence-corrected chi connectivity index (χ2v) is 8.00. The van der Waals surface area contributed by atoms with E-state index in [9.17, 15) is 9.90 Å². The molecule has 3 aromatic rings. The van der Waals surface area contributed by atoms with Crippen LogP contribution in [0.4, 0.5) is 0 Å². The first-order valence-electron chi connectivity index (χ1n) is 9.25. The molecule has 32 heavy (non-hydrogen) atoms. The third-order valence-electron chi connectivity index (χ3n) is 3.92. The van der Waals surface area contributed by atoms with Crippen molar-refractivity contribution in [1.82, 2.24) is 15.2 Å². The number of thioether (sulfide) groups is 1. The number of aromatic amines is 1. The Bertz CT molecular complexity index is 1190. The number of nitrogens with one attached hydrogen (secondary N) is 1. The van der Waals surface area contributed by atoms with E-state index in [1.807, 2.05) is 0 Å². The minimum atomic E-state index is -1.14. The van der Waals surface area contributed by atoms with Crippen molar-refractivity contribution in [3.63, 3.8) is 0 Å². The van der Waals surface area contributed by atoms with Crippen molar-refractivity contribution >= 4 is 47.0 Å². The van der Waals surface area contributed by atoms with Crippen LogP contribution in [0.15, 0.2) is 46.5 Å². The van der Waals surface area contributed by atoms with Crippen LogP contribution in [-0.2, 0) is 4.79 Å². The molecule has 10 heteroatoms. The van der Waals surface area contributed by atoms with Crippen molar-refractivity contribution in [2.45, 2.75) is 12.1 Å². The molecule has 7 nitrogen and oxygen atoms in total. The lowest BCUT2D eigenvalue weighted by Crippen LogP contribution is -2.01. The zero-order chi connectivity index (χ0) is 23.1. The molecule has 2 N–H and O–H groups in total. The molecule has 0 saturated heterocycles. The molecule has 0 fully saturated rings. The van der Waals surface area contributed by atoms with E-state index in [0.29, 0.717) is 34.5 Å². The Balaban J connectivity index is 1.89. The number of hydrogen-bond acceptors (Lipinski definition) is 6. The van der Waals surface area contributed by atoms with Gasteiger partial charge in [0.15, 0.2) is 17.3 Å². The maximum atomic E-state index is 11.8. The van der Waals surface area contributed by atoms with Crippen LogP contribution in [0, 0.1) is 12.3 Å². The van der Waals surface area contributed by atoms with Crippen molar-refractivity contribution < 1.29 is 19.4 Å². The number of rotatable bonds is 9. The van der Waals surface area contributed by atoms with Crippen LogP contribution in [0.1, 0.15) is 12.5 Å². The Labute approximate surface area is 198 Å². The molecule has 0 unspecified atom stereocenters. The van der Waals surface area contributed by atoms with Gasteiger partial charge in [0.05, 0.1) is 11.6 Å². The Morgan fingerprint density at radius 1 is 1.28 bits per heavy atom. The maximum absolute atomic E-state index is 11.8. The van der Waals surface area contributed by atoms with Crippen molar-refractivity contribution in [1.29, 1.82) is 0 Å². The lowest BCUT2D eigenvalue weighted by atomic mass is 10.2. The van der Waals surface area contributed by atoms with Gasteiger partial charge in [0, 0.05) is 10.6 Å². The third-order valence-corrected chi connectivity index (χ3v) is 5.33. The molecule has 3 rings (SSSR count). The van der Waals surface area contributed by atoms with Crippen LogP contribution in [0.2, 0.25) is 10.0 Å². The first-order valence-corrected chi connectivity index (χ1v) is 10.8. The van der Waals surface area contributed by atoms with E-state index in [0.717, 1.165) is 17.3 Å². The van der Waals surface area contributed by atoms with Crippen molar-refractivity contribution in [3.05, 3.63) is 56.9 Å². The van der Waals surface area contributed by atoms with Gasteiger partial charge in [-0.1, -0.05) is 29.1 Å². The first-order chi connectivity index (χ1) is 15.4. The highest BCUT2D eigenvalue weighted by atomic mass is 35.5. The minimum Gasteiger partial charge on any atom is -0.490 e. The molecule has 0 amide bonds. The highest BCUT2D eigenvalue weighted by Crippen LogP contribution is 2.38. The summed E-state index contributed by atoms with van der Waals surface area (Å²) >= 11 is 13.1. The predicted octanol–water partition coefficient (Wildman–Crippen LogP) is 5.41. The van der Waals surface area contributed by atoms with Crippen molar-refractivity contribution in [2.75, 3.05) is 13.2 Å². The van der Waals surface area contributed by atoms with Gasteiger partial charge in [0.2, 0.25) is 5.16 Å². The van der Waals surface area contributed by atoms with E-state index in [-0.39, 0.29) is 21.7 Å². The number of terminal acetylenes is 1. The molecule has 0 saturated carbocycles. The van der Waals surface area contributed by atoms with Gasteiger partial charge < -0.3 is 14.6 Å². The number of benzene rings is 2. The lowest BCUT2D eigenvalue weighted by Gasteiger charge is -2.13. The largest absolute Gasteiger partial charge is 0.490 e.